The highest BCUT2D eigenvalue weighted by Gasteiger charge is 1.98. The number of aromatic amines is 1. The predicted molar refractivity (Wildman–Crippen MR) is 72.4 cm³/mol. The number of nitrogens with zero attached hydrogens (tertiary/aromatic N) is 3. The van der Waals surface area contributed by atoms with E-state index in [1.54, 1.807) is 0 Å². The quantitative estimate of drug-likeness (QED) is 0.909. The number of rotatable bonds is 3. The fraction of sp³-hybridized carbons (Fsp3) is 0.462. The first-order valence-corrected chi connectivity index (χ1v) is 6.26. The van der Waals surface area contributed by atoms with Crippen molar-refractivity contribution in [1.29, 1.82) is 0 Å². The zero-order valence-corrected chi connectivity index (χ0v) is 11.8. The zero-order valence-electron chi connectivity index (χ0n) is 11.8. The molecule has 1 aromatic carbocycles. The monoisotopic (exact) mass is 250 g/mol. The van der Waals surface area contributed by atoms with Crippen LogP contribution >= 0.6 is 0 Å². The molecule has 0 saturated heterocycles. The summed E-state index contributed by atoms with van der Waals surface area (Å²) in [7, 11) is 0. The Morgan fingerprint density at radius 2 is 1.67 bits per heavy atom. The highest BCUT2D eigenvalue weighted by atomic mass is 16.5. The first-order valence-electron chi connectivity index (χ1n) is 6.26. The summed E-state index contributed by atoms with van der Waals surface area (Å²) in [5.41, 5.74) is 1.21. The molecule has 0 amide bonds. The van der Waals surface area contributed by atoms with Crippen LogP contribution in [0.15, 0.2) is 24.3 Å². The summed E-state index contributed by atoms with van der Waals surface area (Å²) in [6, 6.07) is 7.81. The Labute approximate surface area is 109 Å². The molecule has 2 rings (SSSR count). The van der Waals surface area contributed by atoms with E-state index >= 15 is 0 Å². The minimum absolute atomic E-state index is 0.333. The van der Waals surface area contributed by atoms with Crippen LogP contribution in [-0.2, 0) is 6.61 Å². The van der Waals surface area contributed by atoms with E-state index in [0.29, 0.717) is 12.4 Å². The number of ether oxygens (including phenoxy) is 1. The van der Waals surface area contributed by atoms with Crippen molar-refractivity contribution in [3.63, 3.8) is 0 Å². The van der Waals surface area contributed by atoms with Crippen molar-refractivity contribution >= 4 is 0 Å². The maximum absolute atomic E-state index is 5.42. The van der Waals surface area contributed by atoms with Crippen molar-refractivity contribution < 1.29 is 4.74 Å². The molecule has 1 N–H and O–H groups in total. The fourth-order valence-electron chi connectivity index (χ4n) is 1.03. The van der Waals surface area contributed by atoms with Crippen LogP contribution in [0.3, 0.4) is 0 Å². The molecule has 0 bridgehead atoms. The van der Waals surface area contributed by atoms with E-state index in [9.17, 15) is 0 Å². The Morgan fingerprint density at radius 3 is 2.17 bits per heavy atom. The van der Waals surface area contributed by atoms with Crippen molar-refractivity contribution in [3.8, 4) is 5.75 Å². The molecule has 1 aromatic heterocycles. The van der Waals surface area contributed by atoms with E-state index in [1.807, 2.05) is 58.9 Å². The summed E-state index contributed by atoms with van der Waals surface area (Å²) in [6.45, 7) is 10.4. The molecule has 0 aliphatic carbocycles. The normalized spacial score (nSPS) is 8.50. The van der Waals surface area contributed by atoms with Gasteiger partial charge < -0.3 is 4.74 Å². The summed E-state index contributed by atoms with van der Waals surface area (Å²) in [4.78, 5) is 0. The van der Waals surface area contributed by atoms with Gasteiger partial charge in [-0.2, -0.15) is 5.21 Å². The molecule has 18 heavy (non-hydrogen) atoms. The van der Waals surface area contributed by atoms with Crippen LogP contribution in [0.5, 0.6) is 5.75 Å². The van der Waals surface area contributed by atoms with Crippen molar-refractivity contribution in [2.45, 2.75) is 41.2 Å². The van der Waals surface area contributed by atoms with Crippen LogP contribution < -0.4 is 4.74 Å². The second-order valence-electron chi connectivity index (χ2n) is 2.93. The van der Waals surface area contributed by atoms with Crippen LogP contribution in [0, 0.1) is 6.92 Å². The molecule has 0 unspecified atom stereocenters. The molecule has 100 valence electrons. The number of hydrogen-bond acceptors (Lipinski definition) is 4. The minimum Gasteiger partial charge on any atom is -0.485 e. The van der Waals surface area contributed by atoms with Gasteiger partial charge in [0.1, 0.15) is 5.75 Å². The molecular weight excluding hydrogens is 228 g/mol. The third-order valence-electron chi connectivity index (χ3n) is 1.78. The van der Waals surface area contributed by atoms with Gasteiger partial charge in [0.2, 0.25) is 5.82 Å². The smallest absolute Gasteiger partial charge is 0.211 e. The summed E-state index contributed by atoms with van der Waals surface area (Å²) in [5.74, 6) is 1.35. The minimum atomic E-state index is 0.333. The number of tetrazole rings is 1. The predicted octanol–water partition coefficient (Wildman–Crippen LogP) is 3.14. The number of H-pyrrole nitrogens is 1. The zero-order chi connectivity index (χ0) is 13.8. The number of benzene rings is 1. The van der Waals surface area contributed by atoms with Crippen LogP contribution in [-0.4, -0.2) is 20.6 Å². The van der Waals surface area contributed by atoms with Crippen molar-refractivity contribution in [2.24, 2.45) is 0 Å². The lowest BCUT2D eigenvalue weighted by Crippen LogP contribution is -1.97. The van der Waals surface area contributed by atoms with Gasteiger partial charge in [0.05, 0.1) is 0 Å². The van der Waals surface area contributed by atoms with Crippen LogP contribution in [0.1, 0.15) is 39.1 Å². The van der Waals surface area contributed by atoms with Gasteiger partial charge in [-0.15, -0.1) is 10.2 Å². The van der Waals surface area contributed by atoms with Gasteiger partial charge in [-0.05, 0) is 19.1 Å². The number of hydrogen-bond donors (Lipinski definition) is 1. The largest absolute Gasteiger partial charge is 0.485 e. The fourth-order valence-corrected chi connectivity index (χ4v) is 1.03. The Balaban J connectivity index is 0.000000659. The first-order chi connectivity index (χ1) is 8.84. The summed E-state index contributed by atoms with van der Waals surface area (Å²) >= 11 is 0. The lowest BCUT2D eigenvalue weighted by Gasteiger charge is -2.02. The Morgan fingerprint density at radius 1 is 1.06 bits per heavy atom. The summed E-state index contributed by atoms with van der Waals surface area (Å²) < 4.78 is 5.42. The maximum Gasteiger partial charge on any atom is 0.211 e. The van der Waals surface area contributed by atoms with Gasteiger partial charge in [0, 0.05) is 0 Å². The molecule has 0 saturated carbocycles. The number of nitrogens with one attached hydrogen (secondary N) is 1. The van der Waals surface area contributed by atoms with Gasteiger partial charge in [-0.3, -0.25) is 0 Å². The van der Waals surface area contributed by atoms with E-state index in [1.165, 1.54) is 5.56 Å². The third kappa shape index (κ3) is 5.98. The molecule has 0 aliphatic heterocycles. The highest BCUT2D eigenvalue weighted by molar-refractivity contribution is 5.26. The van der Waals surface area contributed by atoms with Crippen molar-refractivity contribution in [1.82, 2.24) is 20.6 Å². The van der Waals surface area contributed by atoms with Crippen LogP contribution in [0.2, 0.25) is 0 Å². The average Bonchev–Trinajstić information content (AvgIpc) is 2.96. The molecule has 2 aromatic rings. The second-order valence-corrected chi connectivity index (χ2v) is 2.93. The number of aromatic nitrogens is 4. The molecule has 0 aliphatic rings. The van der Waals surface area contributed by atoms with E-state index in [2.05, 4.69) is 20.6 Å². The van der Waals surface area contributed by atoms with Crippen LogP contribution in [0.4, 0.5) is 0 Å². The van der Waals surface area contributed by atoms with E-state index in [4.69, 9.17) is 4.74 Å². The Bertz CT molecular complexity index is 384. The van der Waals surface area contributed by atoms with Crippen molar-refractivity contribution in [3.05, 3.63) is 35.7 Å². The van der Waals surface area contributed by atoms with E-state index < -0.39 is 0 Å². The third-order valence-corrected chi connectivity index (χ3v) is 1.78. The first kappa shape index (κ1) is 16.1. The SMILES string of the molecule is CC.CC.Cc1ccc(OCc2nn[nH]n2)cc1. The molecule has 5 nitrogen and oxygen atoms in total. The van der Waals surface area contributed by atoms with Gasteiger partial charge in [-0.1, -0.05) is 50.6 Å². The topological polar surface area (TPSA) is 63.7 Å². The molecule has 5 heteroatoms. The standard InChI is InChI=1S/C9H10N4O.2C2H6/c1-7-2-4-8(5-3-7)14-6-9-10-12-13-11-9;2*1-2/h2-5H,6H2,1H3,(H,10,11,12,13);2*1-2H3. The van der Waals surface area contributed by atoms with Gasteiger partial charge in [0.15, 0.2) is 6.61 Å². The molecule has 0 radical (unpaired) electrons. The molecule has 0 atom stereocenters. The Hall–Kier alpha value is -1.91. The summed E-state index contributed by atoms with van der Waals surface area (Å²) in [5, 5.41) is 13.4. The highest BCUT2D eigenvalue weighted by Crippen LogP contribution is 2.12. The lowest BCUT2D eigenvalue weighted by atomic mass is 10.2. The summed E-state index contributed by atoms with van der Waals surface area (Å²) in [6.07, 6.45) is 0. The molecule has 1 heterocycles. The van der Waals surface area contributed by atoms with Gasteiger partial charge in [-0.25, -0.2) is 0 Å². The molecule has 0 fully saturated rings. The van der Waals surface area contributed by atoms with E-state index in [-0.39, 0.29) is 0 Å². The average molecular weight is 250 g/mol. The second kappa shape index (κ2) is 10.3. The number of aryl methyl sites for hydroxylation is 1. The lowest BCUT2D eigenvalue weighted by molar-refractivity contribution is 0.296. The van der Waals surface area contributed by atoms with Gasteiger partial charge in [0.25, 0.3) is 0 Å². The maximum atomic E-state index is 5.42. The van der Waals surface area contributed by atoms with Gasteiger partial charge >= 0.3 is 0 Å². The Kier molecular flexibility index (Phi) is 9.17. The molecule has 0 spiro atoms. The van der Waals surface area contributed by atoms with Crippen LogP contribution in [0.25, 0.3) is 0 Å². The molecular formula is C13H22N4O. The van der Waals surface area contributed by atoms with E-state index in [0.717, 1.165) is 5.75 Å². The van der Waals surface area contributed by atoms with Crippen molar-refractivity contribution in [2.75, 3.05) is 0 Å².